The molecule has 1 saturated heterocycles. The topological polar surface area (TPSA) is 34.1 Å². The van der Waals surface area contributed by atoms with Crippen LogP contribution in [0.4, 0.5) is 0 Å². The van der Waals surface area contributed by atoms with Gasteiger partial charge in [-0.15, -0.1) is 0 Å². The number of rotatable bonds is 1. The lowest BCUT2D eigenvalue weighted by Crippen LogP contribution is -2.35. The van der Waals surface area contributed by atoms with Gasteiger partial charge in [-0.2, -0.15) is 0 Å². The lowest BCUT2D eigenvalue weighted by molar-refractivity contribution is -0.133. The number of hydrogen-bond donors (Lipinski definition) is 0. The van der Waals surface area contributed by atoms with Crippen molar-refractivity contribution in [3.8, 4) is 0 Å². The second-order valence-electron chi connectivity index (χ2n) is 1.55. The quantitative estimate of drug-likeness (QED) is 0.481. The molecule has 0 spiro atoms. The van der Waals surface area contributed by atoms with Gasteiger partial charge in [0.15, 0.2) is 0 Å². The van der Waals surface area contributed by atoms with Crippen LogP contribution in [0.2, 0.25) is 0 Å². The summed E-state index contributed by atoms with van der Waals surface area (Å²) in [5.41, 5.74) is 0. The summed E-state index contributed by atoms with van der Waals surface area (Å²) < 4.78 is 0. The van der Waals surface area contributed by atoms with Crippen molar-refractivity contribution >= 4 is 22.7 Å². The number of ketones is 1. The van der Waals surface area contributed by atoms with E-state index in [1.807, 2.05) is 0 Å². The van der Waals surface area contributed by atoms with Crippen molar-refractivity contribution in [2.75, 3.05) is 0 Å². The molecule has 1 atom stereocenters. The van der Waals surface area contributed by atoms with Crippen molar-refractivity contribution in [3.63, 3.8) is 0 Å². The molecule has 0 aromatic heterocycles. The first-order chi connectivity index (χ1) is 3.75. The molecule has 43 valence electrons. The fourth-order valence-electron chi connectivity index (χ4n) is 0.504. The first-order valence-corrected chi connectivity index (χ1v) is 3.17. The number of thioether (sulfide) groups is 1. The van der Waals surface area contributed by atoms with Crippen LogP contribution in [0.5, 0.6) is 0 Å². The van der Waals surface area contributed by atoms with E-state index in [0.717, 1.165) is 11.8 Å². The summed E-state index contributed by atoms with van der Waals surface area (Å²) in [5, 5.41) is -0.429. The minimum Gasteiger partial charge on any atom is -0.289 e. The Kier molecular flexibility index (Phi) is 1.38. The Morgan fingerprint density at radius 1 is 1.62 bits per heavy atom. The van der Waals surface area contributed by atoms with Crippen LogP contribution in [0, 0.1) is 6.92 Å². The molecular formula is C5H5O2S. The zero-order chi connectivity index (χ0) is 6.15. The molecule has 0 N–H and O–H groups in total. The Hall–Kier alpha value is -0.310. The van der Waals surface area contributed by atoms with Gasteiger partial charge in [-0.05, 0) is 6.42 Å². The highest BCUT2D eigenvalue weighted by Crippen LogP contribution is 2.27. The standard InChI is InChI=1S/C5H5O2S/c1-2-3-4(6)5(7)8-3/h3H,1-2H2/t3-/m0/s1. The van der Waals surface area contributed by atoms with E-state index < -0.39 is 0 Å². The van der Waals surface area contributed by atoms with Crippen molar-refractivity contribution in [3.05, 3.63) is 6.92 Å². The highest BCUT2D eigenvalue weighted by atomic mass is 32.2. The van der Waals surface area contributed by atoms with E-state index in [1.165, 1.54) is 0 Å². The molecular weight excluding hydrogens is 124 g/mol. The SMILES string of the molecule is [CH2]C[C@@H]1SC(=O)C1=O. The van der Waals surface area contributed by atoms with Crippen LogP contribution in [0.15, 0.2) is 0 Å². The van der Waals surface area contributed by atoms with Gasteiger partial charge < -0.3 is 0 Å². The zero-order valence-electron chi connectivity index (χ0n) is 4.22. The van der Waals surface area contributed by atoms with E-state index in [4.69, 9.17) is 0 Å². The van der Waals surface area contributed by atoms with Crippen LogP contribution in [0.3, 0.4) is 0 Å². The van der Waals surface area contributed by atoms with Gasteiger partial charge in [-0.25, -0.2) is 0 Å². The predicted molar refractivity (Wildman–Crippen MR) is 31.4 cm³/mol. The van der Waals surface area contributed by atoms with Crippen LogP contribution >= 0.6 is 11.8 Å². The molecule has 2 nitrogen and oxygen atoms in total. The minimum atomic E-state index is -0.307. The second-order valence-corrected chi connectivity index (χ2v) is 2.72. The van der Waals surface area contributed by atoms with Crippen LogP contribution < -0.4 is 0 Å². The molecule has 0 unspecified atom stereocenters. The first-order valence-electron chi connectivity index (χ1n) is 2.29. The second kappa shape index (κ2) is 1.90. The third-order valence-corrected chi connectivity index (χ3v) is 2.15. The lowest BCUT2D eigenvalue weighted by atomic mass is 10.2. The summed E-state index contributed by atoms with van der Waals surface area (Å²) in [6.07, 6.45) is 0.537. The molecule has 1 radical (unpaired) electrons. The van der Waals surface area contributed by atoms with Crippen molar-refractivity contribution < 1.29 is 9.59 Å². The van der Waals surface area contributed by atoms with Crippen molar-refractivity contribution in [1.29, 1.82) is 0 Å². The molecule has 1 rings (SSSR count). The van der Waals surface area contributed by atoms with E-state index in [-0.39, 0.29) is 16.1 Å². The van der Waals surface area contributed by atoms with E-state index in [2.05, 4.69) is 6.92 Å². The van der Waals surface area contributed by atoms with Crippen LogP contribution in [-0.2, 0) is 9.59 Å². The molecule has 0 aromatic carbocycles. The Morgan fingerprint density at radius 3 is 2.38 bits per heavy atom. The average molecular weight is 129 g/mol. The molecule has 1 aliphatic heterocycles. The van der Waals surface area contributed by atoms with Gasteiger partial charge in [-0.1, -0.05) is 18.7 Å². The summed E-state index contributed by atoms with van der Waals surface area (Å²) in [6, 6.07) is 0. The first kappa shape index (κ1) is 5.82. The van der Waals surface area contributed by atoms with Gasteiger partial charge in [-0.3, -0.25) is 9.59 Å². The average Bonchev–Trinajstić information content (AvgIpc) is 1.81. The smallest absolute Gasteiger partial charge is 0.256 e. The molecule has 0 bridgehead atoms. The number of carbonyl (C=O) groups excluding carboxylic acids is 2. The molecule has 0 aliphatic carbocycles. The monoisotopic (exact) mass is 129 g/mol. The van der Waals surface area contributed by atoms with E-state index in [0.29, 0.717) is 6.42 Å². The van der Waals surface area contributed by atoms with Crippen LogP contribution in [-0.4, -0.2) is 16.1 Å². The molecule has 1 aliphatic rings. The lowest BCUT2D eigenvalue weighted by Gasteiger charge is -2.18. The largest absolute Gasteiger partial charge is 0.289 e. The summed E-state index contributed by atoms with van der Waals surface area (Å²) >= 11 is 1.09. The van der Waals surface area contributed by atoms with Gasteiger partial charge in [0.1, 0.15) is 0 Å². The Bertz CT molecular complexity index is 141. The van der Waals surface area contributed by atoms with Crippen molar-refractivity contribution in [2.45, 2.75) is 11.7 Å². The van der Waals surface area contributed by atoms with Gasteiger partial charge in [0.2, 0.25) is 5.78 Å². The normalized spacial score (nSPS) is 27.9. The highest BCUT2D eigenvalue weighted by molar-refractivity contribution is 8.20. The minimum absolute atomic E-state index is 0.123. The van der Waals surface area contributed by atoms with E-state index >= 15 is 0 Å². The third kappa shape index (κ3) is 0.668. The fourth-order valence-corrected chi connectivity index (χ4v) is 1.17. The van der Waals surface area contributed by atoms with Gasteiger partial charge in [0.25, 0.3) is 5.12 Å². The summed E-state index contributed by atoms with van der Waals surface area (Å²) in [6.45, 7) is 3.50. The predicted octanol–water partition coefficient (Wildman–Crippen LogP) is 0.422. The molecule has 0 aromatic rings. The molecule has 1 heterocycles. The summed E-state index contributed by atoms with van der Waals surface area (Å²) in [4.78, 5) is 20.6. The summed E-state index contributed by atoms with van der Waals surface area (Å²) in [5.74, 6) is -0.259. The Morgan fingerprint density at radius 2 is 2.25 bits per heavy atom. The molecule has 3 heteroatoms. The number of Topliss-reactive ketones (excluding diaryl/α,β-unsaturated/α-hetero) is 1. The maximum Gasteiger partial charge on any atom is 0.256 e. The molecule has 8 heavy (non-hydrogen) atoms. The third-order valence-electron chi connectivity index (χ3n) is 1.01. The van der Waals surface area contributed by atoms with Gasteiger partial charge in [0.05, 0.1) is 5.25 Å². The van der Waals surface area contributed by atoms with E-state index in [9.17, 15) is 9.59 Å². The Balaban J connectivity index is 2.48. The molecule has 1 fully saturated rings. The van der Waals surface area contributed by atoms with Crippen molar-refractivity contribution in [2.24, 2.45) is 0 Å². The highest BCUT2D eigenvalue weighted by Gasteiger charge is 2.37. The van der Waals surface area contributed by atoms with E-state index in [1.54, 1.807) is 0 Å². The maximum atomic E-state index is 10.4. The van der Waals surface area contributed by atoms with Crippen molar-refractivity contribution in [1.82, 2.24) is 0 Å². The van der Waals surface area contributed by atoms with Gasteiger partial charge >= 0.3 is 0 Å². The number of carbonyl (C=O) groups is 2. The maximum absolute atomic E-state index is 10.4. The van der Waals surface area contributed by atoms with Crippen LogP contribution in [0.1, 0.15) is 6.42 Å². The molecule has 0 saturated carbocycles. The number of hydrogen-bond acceptors (Lipinski definition) is 3. The van der Waals surface area contributed by atoms with Gasteiger partial charge in [0, 0.05) is 0 Å². The van der Waals surface area contributed by atoms with Crippen LogP contribution in [0.25, 0.3) is 0 Å². The Labute approximate surface area is 51.6 Å². The fraction of sp³-hybridized carbons (Fsp3) is 0.400. The summed E-state index contributed by atoms with van der Waals surface area (Å²) in [7, 11) is 0. The molecule has 0 amide bonds. The zero-order valence-corrected chi connectivity index (χ0v) is 5.03.